The van der Waals surface area contributed by atoms with Crippen LogP contribution in [0.2, 0.25) is 0 Å². The van der Waals surface area contributed by atoms with Crippen LogP contribution < -0.4 is 4.74 Å². The Kier molecular flexibility index (Phi) is 1.74. The third-order valence-corrected chi connectivity index (χ3v) is 2.17. The monoisotopic (exact) mass is 200 g/mol. The van der Waals surface area contributed by atoms with Crippen LogP contribution in [0.4, 0.5) is 0 Å². The molecule has 0 atom stereocenters. The van der Waals surface area contributed by atoms with E-state index in [1.165, 1.54) is 0 Å². The van der Waals surface area contributed by atoms with Gasteiger partial charge in [0.25, 0.3) is 0 Å². The highest BCUT2D eigenvalue weighted by atomic mass is 16.5. The van der Waals surface area contributed by atoms with Crippen LogP contribution >= 0.6 is 0 Å². The number of fused-ring (bicyclic) bond motifs is 1. The Morgan fingerprint density at radius 2 is 2.33 bits per heavy atom. The molecule has 1 N–H and O–H groups in total. The Morgan fingerprint density at radius 3 is 3.20 bits per heavy atom. The number of H-pyrrole nitrogens is 1. The van der Waals surface area contributed by atoms with Gasteiger partial charge >= 0.3 is 0 Å². The summed E-state index contributed by atoms with van der Waals surface area (Å²) in [4.78, 5) is 0. The smallest absolute Gasteiger partial charge is 0.149 e. The van der Waals surface area contributed by atoms with E-state index >= 15 is 0 Å². The third kappa shape index (κ3) is 1.38. The molecular weight excluding hydrogens is 192 g/mol. The highest BCUT2D eigenvalue weighted by Gasteiger charge is 2.10. The van der Waals surface area contributed by atoms with Crippen molar-refractivity contribution in [3.05, 3.63) is 30.1 Å². The topological polar surface area (TPSA) is 63.7 Å². The molecule has 2 aromatic rings. The van der Waals surface area contributed by atoms with Gasteiger partial charge in [0.1, 0.15) is 23.7 Å². The average molecular weight is 200 g/mol. The number of nitrogens with zero attached hydrogens (tertiary/aromatic N) is 3. The SMILES string of the molecule is C1=Cc2nnc(-c3ccn[nH]3)cc2OC1. The minimum absolute atomic E-state index is 0.584. The van der Waals surface area contributed by atoms with Crippen molar-refractivity contribution in [2.75, 3.05) is 6.61 Å². The summed E-state index contributed by atoms with van der Waals surface area (Å²) in [7, 11) is 0. The number of hydrogen-bond donors (Lipinski definition) is 1. The number of hydrogen-bond acceptors (Lipinski definition) is 4. The van der Waals surface area contributed by atoms with Crippen molar-refractivity contribution in [2.45, 2.75) is 0 Å². The second-order valence-corrected chi connectivity index (χ2v) is 3.16. The molecule has 0 radical (unpaired) electrons. The molecule has 15 heavy (non-hydrogen) atoms. The second-order valence-electron chi connectivity index (χ2n) is 3.16. The lowest BCUT2D eigenvalue weighted by Gasteiger charge is -2.10. The summed E-state index contributed by atoms with van der Waals surface area (Å²) in [5, 5.41) is 14.8. The summed E-state index contributed by atoms with van der Waals surface area (Å²) in [6.45, 7) is 0.584. The van der Waals surface area contributed by atoms with Crippen molar-refractivity contribution < 1.29 is 4.74 Å². The maximum atomic E-state index is 5.44. The predicted molar refractivity (Wildman–Crippen MR) is 54.1 cm³/mol. The van der Waals surface area contributed by atoms with Crippen LogP contribution in [0.3, 0.4) is 0 Å². The standard InChI is InChI=1S/C10H8N4O/c1-2-8-10(15-5-1)6-9(14-13-8)7-3-4-11-12-7/h1-4,6H,5H2,(H,11,12). The highest BCUT2D eigenvalue weighted by Crippen LogP contribution is 2.24. The van der Waals surface area contributed by atoms with E-state index in [-0.39, 0.29) is 0 Å². The van der Waals surface area contributed by atoms with Gasteiger partial charge in [-0.1, -0.05) is 0 Å². The van der Waals surface area contributed by atoms with E-state index in [1.807, 2.05) is 24.3 Å². The van der Waals surface area contributed by atoms with Crippen LogP contribution in [0.15, 0.2) is 24.4 Å². The quantitative estimate of drug-likeness (QED) is 0.753. The zero-order valence-electron chi connectivity index (χ0n) is 7.84. The fourth-order valence-corrected chi connectivity index (χ4v) is 1.44. The zero-order chi connectivity index (χ0) is 10.1. The fourth-order valence-electron chi connectivity index (χ4n) is 1.44. The molecule has 0 unspecified atom stereocenters. The van der Waals surface area contributed by atoms with Gasteiger partial charge in [0, 0.05) is 12.3 Å². The fraction of sp³-hybridized carbons (Fsp3) is 0.100. The molecule has 0 amide bonds. The second kappa shape index (κ2) is 3.20. The van der Waals surface area contributed by atoms with Gasteiger partial charge < -0.3 is 4.74 Å². The molecule has 3 rings (SSSR count). The lowest BCUT2D eigenvalue weighted by Crippen LogP contribution is -2.03. The minimum Gasteiger partial charge on any atom is -0.487 e. The summed E-state index contributed by atoms with van der Waals surface area (Å²) in [6.07, 6.45) is 5.49. The average Bonchev–Trinajstić information content (AvgIpc) is 2.82. The van der Waals surface area contributed by atoms with Gasteiger partial charge in [-0.2, -0.15) is 5.10 Å². The number of aromatic amines is 1. The third-order valence-electron chi connectivity index (χ3n) is 2.17. The van der Waals surface area contributed by atoms with Crippen LogP contribution in [0, 0.1) is 0 Å². The molecule has 5 heteroatoms. The van der Waals surface area contributed by atoms with Crippen LogP contribution in [0.25, 0.3) is 17.5 Å². The molecule has 0 aromatic carbocycles. The molecule has 0 fully saturated rings. The van der Waals surface area contributed by atoms with E-state index in [0.717, 1.165) is 22.8 Å². The van der Waals surface area contributed by atoms with Gasteiger partial charge in [0.15, 0.2) is 0 Å². The lowest BCUT2D eigenvalue weighted by molar-refractivity contribution is 0.355. The molecule has 0 saturated heterocycles. The summed E-state index contributed by atoms with van der Waals surface area (Å²) in [5.41, 5.74) is 2.34. The van der Waals surface area contributed by atoms with Crippen molar-refractivity contribution in [3.8, 4) is 17.1 Å². The number of rotatable bonds is 1. The van der Waals surface area contributed by atoms with Crippen LogP contribution in [-0.4, -0.2) is 27.0 Å². The summed E-state index contributed by atoms with van der Waals surface area (Å²) >= 11 is 0. The van der Waals surface area contributed by atoms with Crippen LogP contribution in [0.5, 0.6) is 5.75 Å². The molecule has 1 aliphatic heterocycles. The molecule has 0 bridgehead atoms. The first kappa shape index (κ1) is 8.16. The number of aromatic nitrogens is 4. The Balaban J connectivity index is 2.09. The Morgan fingerprint density at radius 1 is 1.33 bits per heavy atom. The maximum absolute atomic E-state index is 5.44. The normalized spacial score (nSPS) is 13.3. The first-order chi connectivity index (χ1) is 7.43. The van der Waals surface area contributed by atoms with Gasteiger partial charge in [0.05, 0.1) is 5.69 Å². The molecular formula is C10H8N4O. The van der Waals surface area contributed by atoms with Gasteiger partial charge in [-0.15, -0.1) is 10.2 Å². The molecule has 3 heterocycles. The summed E-state index contributed by atoms with van der Waals surface area (Å²) in [5.74, 6) is 0.761. The predicted octanol–water partition coefficient (Wildman–Crippen LogP) is 1.27. The Labute approximate surface area is 85.8 Å². The largest absolute Gasteiger partial charge is 0.487 e. The molecule has 2 aromatic heterocycles. The van der Waals surface area contributed by atoms with Crippen LogP contribution in [0.1, 0.15) is 5.69 Å². The van der Waals surface area contributed by atoms with E-state index in [4.69, 9.17) is 4.74 Å². The Hall–Kier alpha value is -2.17. The maximum Gasteiger partial charge on any atom is 0.149 e. The van der Waals surface area contributed by atoms with E-state index in [9.17, 15) is 0 Å². The van der Waals surface area contributed by atoms with E-state index in [1.54, 1.807) is 6.20 Å². The number of ether oxygens (including phenoxy) is 1. The van der Waals surface area contributed by atoms with Crippen molar-refractivity contribution in [3.63, 3.8) is 0 Å². The molecule has 74 valence electrons. The molecule has 0 saturated carbocycles. The van der Waals surface area contributed by atoms with Crippen molar-refractivity contribution in [2.24, 2.45) is 0 Å². The zero-order valence-corrected chi connectivity index (χ0v) is 7.84. The van der Waals surface area contributed by atoms with Gasteiger partial charge in [0.2, 0.25) is 0 Å². The minimum atomic E-state index is 0.584. The molecule has 1 aliphatic rings. The van der Waals surface area contributed by atoms with E-state index < -0.39 is 0 Å². The summed E-state index contributed by atoms with van der Waals surface area (Å²) in [6, 6.07) is 3.70. The van der Waals surface area contributed by atoms with Crippen molar-refractivity contribution >= 4 is 6.08 Å². The highest BCUT2D eigenvalue weighted by molar-refractivity contribution is 5.61. The van der Waals surface area contributed by atoms with Crippen molar-refractivity contribution in [1.29, 1.82) is 0 Å². The van der Waals surface area contributed by atoms with Crippen molar-refractivity contribution in [1.82, 2.24) is 20.4 Å². The number of nitrogens with one attached hydrogen (secondary N) is 1. The van der Waals surface area contributed by atoms with Crippen LogP contribution in [-0.2, 0) is 0 Å². The van der Waals surface area contributed by atoms with E-state index in [2.05, 4.69) is 20.4 Å². The molecule has 5 nitrogen and oxygen atoms in total. The van der Waals surface area contributed by atoms with E-state index in [0.29, 0.717) is 6.61 Å². The van der Waals surface area contributed by atoms with Gasteiger partial charge in [-0.3, -0.25) is 5.10 Å². The van der Waals surface area contributed by atoms with Gasteiger partial charge in [-0.05, 0) is 18.2 Å². The molecule has 0 spiro atoms. The molecule has 0 aliphatic carbocycles. The Bertz CT molecular complexity index is 504. The van der Waals surface area contributed by atoms with Gasteiger partial charge in [-0.25, -0.2) is 0 Å². The lowest BCUT2D eigenvalue weighted by atomic mass is 10.2. The first-order valence-electron chi connectivity index (χ1n) is 4.60. The summed E-state index contributed by atoms with van der Waals surface area (Å²) < 4.78 is 5.44. The first-order valence-corrected chi connectivity index (χ1v) is 4.60.